The van der Waals surface area contributed by atoms with Crippen LogP contribution in [0.4, 0.5) is 10.3 Å². The lowest BCUT2D eigenvalue weighted by Crippen LogP contribution is -2.41. The van der Waals surface area contributed by atoms with Gasteiger partial charge in [0.25, 0.3) is 11.5 Å². The molecule has 0 aliphatic carbocycles. The molecule has 0 saturated heterocycles. The Kier molecular flexibility index (Phi) is 7.29. The Bertz CT molecular complexity index is 1340. The lowest BCUT2D eigenvalue weighted by Gasteiger charge is -2.31. The Balaban J connectivity index is 1.77. The molecule has 2 atom stereocenters. The van der Waals surface area contributed by atoms with Crippen LogP contribution >= 0.6 is 11.3 Å². The molecule has 0 saturated carbocycles. The quantitative estimate of drug-likeness (QED) is 0.241. The highest BCUT2D eigenvalue weighted by molar-refractivity contribution is 7.12. The Hall–Kier alpha value is -3.74. The zero-order valence-electron chi connectivity index (χ0n) is 19.3. The smallest absolute Gasteiger partial charge is 0.326 e. The highest BCUT2D eigenvalue weighted by Crippen LogP contribution is 2.36. The number of nitrogen functional groups attached to an aromatic ring is 1. The number of H-pyrrole nitrogens is 2. The van der Waals surface area contributed by atoms with Crippen molar-refractivity contribution in [1.82, 2.24) is 20.3 Å². The van der Waals surface area contributed by atoms with E-state index in [-0.39, 0.29) is 40.7 Å². The second kappa shape index (κ2) is 9.86. The summed E-state index contributed by atoms with van der Waals surface area (Å²) in [5.74, 6) is -4.44. The maximum absolute atomic E-state index is 15.1. The number of hydrogen-bond acceptors (Lipinski definition) is 7. The van der Waals surface area contributed by atoms with Gasteiger partial charge in [-0.15, -0.1) is 11.3 Å². The van der Waals surface area contributed by atoms with Gasteiger partial charge in [-0.05, 0) is 35.8 Å². The number of nitrogens with one attached hydrogen (secondary N) is 3. The maximum atomic E-state index is 15.1. The molecule has 1 unspecified atom stereocenters. The summed E-state index contributed by atoms with van der Waals surface area (Å²) in [7, 11) is 0. The summed E-state index contributed by atoms with van der Waals surface area (Å²) in [5.41, 5.74) is 6.02. The van der Waals surface area contributed by atoms with Gasteiger partial charge in [0.05, 0.1) is 5.39 Å². The van der Waals surface area contributed by atoms with E-state index < -0.39 is 41.5 Å². The average molecular weight is 508 g/mol. The van der Waals surface area contributed by atoms with E-state index in [1.165, 1.54) is 5.38 Å². The number of anilines is 1. The van der Waals surface area contributed by atoms with Gasteiger partial charge < -0.3 is 26.2 Å². The van der Waals surface area contributed by atoms with Gasteiger partial charge in [-0.3, -0.25) is 19.4 Å². The number of aliphatic carboxylic acids is 2. The fourth-order valence-corrected chi connectivity index (χ4v) is 4.51. The number of nitrogens with zero attached hydrogens (tertiary/aromatic N) is 1. The van der Waals surface area contributed by atoms with Gasteiger partial charge in [0.15, 0.2) is 0 Å². The highest BCUT2D eigenvalue weighted by Gasteiger charge is 2.32. The van der Waals surface area contributed by atoms with E-state index in [9.17, 15) is 24.3 Å². The third kappa shape index (κ3) is 5.50. The Morgan fingerprint density at radius 2 is 1.97 bits per heavy atom. The van der Waals surface area contributed by atoms with E-state index in [0.29, 0.717) is 16.7 Å². The van der Waals surface area contributed by atoms with E-state index in [2.05, 4.69) is 20.3 Å². The first-order chi connectivity index (χ1) is 16.3. The molecule has 3 rings (SSSR count). The molecule has 3 heterocycles. The van der Waals surface area contributed by atoms with Crippen LogP contribution in [0, 0.1) is 11.7 Å². The van der Waals surface area contributed by atoms with E-state index in [4.69, 9.17) is 10.8 Å². The standard InChI is InChI=1S/C22H26FN5O6S/c1-9(22(2,3)13-7-11-17(26-13)27-21(24)28-18(11)31)6-10-8-35-16(15(10)23)19(32)25-12(20(33)34)4-5-14(29)30/h7-9,12H,4-6H2,1-3H3,(H,25,32)(H,29,30)(H,33,34)(H4,24,26,27,28,31)/t9?,12-/m0/s1. The van der Waals surface area contributed by atoms with Crippen molar-refractivity contribution in [1.29, 1.82) is 0 Å². The highest BCUT2D eigenvalue weighted by atomic mass is 32.1. The van der Waals surface area contributed by atoms with Crippen molar-refractivity contribution in [3.8, 4) is 0 Å². The minimum Gasteiger partial charge on any atom is -0.481 e. The molecule has 0 fully saturated rings. The molecule has 7 N–H and O–H groups in total. The van der Waals surface area contributed by atoms with Gasteiger partial charge in [-0.1, -0.05) is 20.8 Å². The van der Waals surface area contributed by atoms with Crippen molar-refractivity contribution in [3.63, 3.8) is 0 Å². The van der Waals surface area contributed by atoms with Crippen molar-refractivity contribution >= 4 is 46.2 Å². The number of rotatable bonds is 10. The van der Waals surface area contributed by atoms with E-state index in [1.807, 2.05) is 20.8 Å². The molecule has 0 spiro atoms. The first-order valence-electron chi connectivity index (χ1n) is 10.7. The summed E-state index contributed by atoms with van der Waals surface area (Å²) in [4.78, 5) is 56.1. The van der Waals surface area contributed by atoms with Crippen molar-refractivity contribution in [3.05, 3.63) is 43.8 Å². The summed E-state index contributed by atoms with van der Waals surface area (Å²) >= 11 is 0.845. The van der Waals surface area contributed by atoms with Crippen molar-refractivity contribution in [2.75, 3.05) is 5.73 Å². The first kappa shape index (κ1) is 25.9. The lowest BCUT2D eigenvalue weighted by molar-refractivity contribution is -0.140. The van der Waals surface area contributed by atoms with Gasteiger partial charge >= 0.3 is 11.9 Å². The number of carboxylic acids is 2. The van der Waals surface area contributed by atoms with Crippen LogP contribution in [0.25, 0.3) is 11.0 Å². The Labute approximate surface area is 202 Å². The molecule has 3 aromatic heterocycles. The monoisotopic (exact) mass is 507 g/mol. The van der Waals surface area contributed by atoms with E-state index >= 15 is 4.39 Å². The van der Waals surface area contributed by atoms with Crippen LogP contribution in [0.1, 0.15) is 54.5 Å². The molecule has 35 heavy (non-hydrogen) atoms. The van der Waals surface area contributed by atoms with Crippen molar-refractivity contribution in [2.45, 2.75) is 51.5 Å². The van der Waals surface area contributed by atoms with Gasteiger partial charge in [0.2, 0.25) is 5.95 Å². The molecule has 0 bridgehead atoms. The molecule has 1 amide bonds. The van der Waals surface area contributed by atoms with Crippen LogP contribution in [0.5, 0.6) is 0 Å². The average Bonchev–Trinajstić information content (AvgIpc) is 3.35. The summed E-state index contributed by atoms with van der Waals surface area (Å²) < 4.78 is 15.1. The third-order valence-electron chi connectivity index (χ3n) is 6.22. The van der Waals surface area contributed by atoms with E-state index in [0.717, 1.165) is 11.3 Å². The lowest BCUT2D eigenvalue weighted by atomic mass is 9.74. The van der Waals surface area contributed by atoms with E-state index in [1.54, 1.807) is 6.07 Å². The number of nitrogens with two attached hydrogens (primary N) is 1. The molecule has 11 nitrogen and oxygen atoms in total. The normalized spacial score (nSPS) is 13.5. The SMILES string of the molecule is CC(Cc1csc(C(=O)N[C@@H](CCC(=O)O)C(=O)O)c1F)C(C)(C)c1cc2c(=O)[nH]c(N)nc2[nH]1. The number of aromatic nitrogens is 3. The number of aromatic amines is 2. The molecular weight excluding hydrogens is 481 g/mol. The second-order valence-electron chi connectivity index (χ2n) is 8.92. The minimum atomic E-state index is -1.45. The fourth-order valence-electron chi connectivity index (χ4n) is 3.65. The van der Waals surface area contributed by atoms with Gasteiger partial charge in [0.1, 0.15) is 22.4 Å². The Morgan fingerprint density at radius 3 is 2.60 bits per heavy atom. The zero-order chi connectivity index (χ0) is 26.1. The number of fused-ring (bicyclic) bond motifs is 1. The number of carbonyl (C=O) groups excluding carboxylic acids is 1. The Morgan fingerprint density at radius 1 is 1.29 bits per heavy atom. The summed E-state index contributed by atoms with van der Waals surface area (Å²) in [5, 5.41) is 22.0. The van der Waals surface area contributed by atoms with Gasteiger partial charge in [0, 0.05) is 17.5 Å². The molecular formula is C22H26FN5O6S. The summed E-state index contributed by atoms with van der Waals surface area (Å²) in [6.07, 6.45) is -0.523. The van der Waals surface area contributed by atoms with Crippen LogP contribution in [-0.4, -0.2) is 49.1 Å². The van der Waals surface area contributed by atoms with Crippen LogP contribution < -0.4 is 16.6 Å². The predicted molar refractivity (Wildman–Crippen MR) is 127 cm³/mol. The second-order valence-corrected chi connectivity index (χ2v) is 9.80. The van der Waals surface area contributed by atoms with Crippen LogP contribution in [0.15, 0.2) is 16.2 Å². The summed E-state index contributed by atoms with van der Waals surface area (Å²) in [6.45, 7) is 5.76. The molecule has 0 aromatic carbocycles. The molecule has 0 aliphatic heterocycles. The van der Waals surface area contributed by atoms with Gasteiger partial charge in [-0.2, -0.15) is 4.98 Å². The number of carboxylic acid groups (broad SMARTS) is 2. The summed E-state index contributed by atoms with van der Waals surface area (Å²) in [6, 6.07) is 0.234. The fraction of sp³-hybridized carbons (Fsp3) is 0.409. The van der Waals surface area contributed by atoms with Crippen molar-refractivity contribution < 1.29 is 29.0 Å². The van der Waals surface area contributed by atoms with Crippen LogP contribution in [0.2, 0.25) is 0 Å². The number of hydrogen-bond donors (Lipinski definition) is 6. The number of carbonyl (C=O) groups is 3. The van der Waals surface area contributed by atoms with Crippen LogP contribution in [-0.2, 0) is 21.4 Å². The number of amides is 1. The third-order valence-corrected chi connectivity index (χ3v) is 7.23. The number of halogens is 1. The molecule has 3 aromatic rings. The maximum Gasteiger partial charge on any atom is 0.326 e. The molecule has 0 aliphatic rings. The van der Waals surface area contributed by atoms with Gasteiger partial charge in [-0.25, -0.2) is 9.18 Å². The predicted octanol–water partition coefficient (Wildman–Crippen LogP) is 2.24. The largest absolute Gasteiger partial charge is 0.481 e. The number of thiophene rings is 1. The van der Waals surface area contributed by atoms with Crippen LogP contribution in [0.3, 0.4) is 0 Å². The topological polar surface area (TPSA) is 191 Å². The van der Waals surface area contributed by atoms with Crippen molar-refractivity contribution in [2.24, 2.45) is 5.92 Å². The molecule has 0 radical (unpaired) electrons. The minimum absolute atomic E-state index is 0.0130. The molecule has 188 valence electrons. The molecule has 13 heteroatoms. The first-order valence-corrected chi connectivity index (χ1v) is 11.6. The zero-order valence-corrected chi connectivity index (χ0v) is 20.1.